The van der Waals surface area contributed by atoms with E-state index < -0.39 is 5.38 Å². The molecule has 0 aliphatic rings. The number of hydrogen-bond donors (Lipinski definition) is 0. The van der Waals surface area contributed by atoms with Crippen molar-refractivity contribution in [1.82, 2.24) is 0 Å². The Morgan fingerprint density at radius 3 is 2.36 bits per heavy atom. The summed E-state index contributed by atoms with van der Waals surface area (Å²) in [5.74, 6) is -0.120. The Bertz CT molecular complexity index is 129. The molecule has 0 N–H and O–H groups in total. The summed E-state index contributed by atoms with van der Waals surface area (Å²) in [4.78, 5) is 10.3. The zero-order valence-corrected chi connectivity index (χ0v) is 8.29. The molecule has 0 fully saturated rings. The van der Waals surface area contributed by atoms with Crippen molar-refractivity contribution in [2.75, 3.05) is 12.5 Å². The fourth-order valence-corrected chi connectivity index (χ4v) is 0.929. The maximum absolute atomic E-state index is 10.3. The number of esters is 1. The average Bonchev–Trinajstić information content (AvgIpc) is 1.98. The van der Waals surface area contributed by atoms with Gasteiger partial charge in [-0.2, -0.15) is 0 Å². The predicted octanol–water partition coefficient (Wildman–Crippen LogP) is 2.00. The molecule has 0 aromatic heterocycles. The summed E-state index contributed by atoms with van der Waals surface area (Å²) < 4.78 is 4.61. The van der Waals surface area contributed by atoms with Crippen LogP contribution in [0.5, 0.6) is 0 Å². The Kier molecular flexibility index (Phi) is 6.11. The lowest BCUT2D eigenvalue weighted by atomic mass is 10.3. The van der Waals surface area contributed by atoms with Crippen LogP contribution in [0.2, 0.25) is 0 Å². The molecule has 0 aliphatic carbocycles. The molecule has 0 heterocycles. The van der Waals surface area contributed by atoms with Gasteiger partial charge in [-0.1, -0.05) is 0 Å². The van der Waals surface area contributed by atoms with Crippen molar-refractivity contribution in [2.24, 2.45) is 0 Å². The normalized spacial score (nSPS) is 15.6. The number of carbonyl (C=O) groups excluding carboxylic acids is 1. The van der Waals surface area contributed by atoms with Gasteiger partial charge in [0.05, 0.1) is 10.8 Å². The molecule has 5 heteroatoms. The van der Waals surface area contributed by atoms with Crippen LogP contribution in [0.1, 0.15) is 6.92 Å². The second-order valence-corrected chi connectivity index (χ2v) is 3.42. The van der Waals surface area contributed by atoms with Crippen LogP contribution >= 0.6 is 34.8 Å². The minimum Gasteiger partial charge on any atom is -0.464 e. The van der Waals surface area contributed by atoms with Gasteiger partial charge in [0.25, 0.3) is 0 Å². The fraction of sp³-hybridized carbons (Fsp3) is 0.833. The zero-order chi connectivity index (χ0) is 8.85. The molecule has 0 spiro atoms. The molecule has 0 saturated carbocycles. The monoisotopic (exact) mass is 218 g/mol. The smallest absolute Gasteiger partial charge is 0.302 e. The van der Waals surface area contributed by atoms with Crippen LogP contribution in [0.25, 0.3) is 0 Å². The molecule has 0 aromatic carbocycles. The molecule has 66 valence electrons. The van der Waals surface area contributed by atoms with E-state index in [9.17, 15) is 4.79 Å². The lowest BCUT2D eigenvalue weighted by Gasteiger charge is -2.12. The van der Waals surface area contributed by atoms with Crippen LogP contribution in [0.4, 0.5) is 0 Å². The molecule has 0 radical (unpaired) electrons. The lowest BCUT2D eigenvalue weighted by molar-refractivity contribution is -0.140. The average molecular weight is 219 g/mol. The SMILES string of the molecule is CC(=O)OC[C@@H](Cl)[C@@H](Cl)CCl. The Hall–Kier alpha value is 0.340. The van der Waals surface area contributed by atoms with Crippen molar-refractivity contribution >= 4 is 40.8 Å². The highest BCUT2D eigenvalue weighted by Gasteiger charge is 2.16. The van der Waals surface area contributed by atoms with E-state index in [1.54, 1.807) is 0 Å². The minimum absolute atomic E-state index is 0.109. The molecule has 0 unspecified atom stereocenters. The van der Waals surface area contributed by atoms with Gasteiger partial charge in [0.2, 0.25) is 0 Å². The van der Waals surface area contributed by atoms with E-state index >= 15 is 0 Å². The van der Waals surface area contributed by atoms with Gasteiger partial charge in [0, 0.05) is 12.8 Å². The molecule has 2 atom stereocenters. The van der Waals surface area contributed by atoms with Crippen LogP contribution < -0.4 is 0 Å². The highest BCUT2D eigenvalue weighted by atomic mass is 35.5. The van der Waals surface area contributed by atoms with E-state index in [1.807, 2.05) is 0 Å². The van der Waals surface area contributed by atoms with E-state index in [4.69, 9.17) is 34.8 Å². The van der Waals surface area contributed by atoms with Crippen LogP contribution in [0.15, 0.2) is 0 Å². The third kappa shape index (κ3) is 5.59. The highest BCUT2D eigenvalue weighted by Crippen LogP contribution is 2.11. The molecule has 11 heavy (non-hydrogen) atoms. The van der Waals surface area contributed by atoms with E-state index in [2.05, 4.69) is 4.74 Å². The van der Waals surface area contributed by atoms with Crippen molar-refractivity contribution in [1.29, 1.82) is 0 Å². The van der Waals surface area contributed by atoms with Gasteiger partial charge in [-0.05, 0) is 0 Å². The molecular formula is C6H9Cl3O2. The van der Waals surface area contributed by atoms with Gasteiger partial charge in [-0.3, -0.25) is 4.79 Å². The summed E-state index contributed by atoms with van der Waals surface area (Å²) in [7, 11) is 0. The fourth-order valence-electron chi connectivity index (χ4n) is 0.398. The first-order valence-corrected chi connectivity index (χ1v) is 4.46. The standard InChI is InChI=1S/C6H9Cl3O2/c1-4(10)11-3-6(9)5(8)2-7/h5-6H,2-3H2,1H3/t5-,6+/m0/s1. The van der Waals surface area contributed by atoms with Crippen LogP contribution in [-0.2, 0) is 9.53 Å². The molecule has 0 bridgehead atoms. The Balaban J connectivity index is 3.51. The lowest BCUT2D eigenvalue weighted by Crippen LogP contribution is -2.23. The molecule has 0 amide bonds. The van der Waals surface area contributed by atoms with Crippen molar-refractivity contribution in [2.45, 2.75) is 17.7 Å². The molecule has 0 saturated heterocycles. The Morgan fingerprint density at radius 1 is 1.45 bits per heavy atom. The van der Waals surface area contributed by atoms with E-state index in [0.29, 0.717) is 0 Å². The second kappa shape index (κ2) is 5.92. The van der Waals surface area contributed by atoms with Gasteiger partial charge in [-0.25, -0.2) is 0 Å². The molecule has 0 aromatic rings. The van der Waals surface area contributed by atoms with Crippen molar-refractivity contribution in [3.8, 4) is 0 Å². The Labute approximate surface area is 80.7 Å². The number of alkyl halides is 3. The first-order chi connectivity index (χ1) is 5.07. The van der Waals surface area contributed by atoms with Crippen LogP contribution in [-0.4, -0.2) is 29.2 Å². The van der Waals surface area contributed by atoms with Crippen LogP contribution in [0.3, 0.4) is 0 Å². The van der Waals surface area contributed by atoms with Gasteiger partial charge >= 0.3 is 5.97 Å². The van der Waals surface area contributed by atoms with E-state index in [1.165, 1.54) is 6.92 Å². The maximum atomic E-state index is 10.3. The molecule has 2 nitrogen and oxygen atoms in total. The van der Waals surface area contributed by atoms with Gasteiger partial charge in [0.15, 0.2) is 0 Å². The highest BCUT2D eigenvalue weighted by molar-refractivity contribution is 6.33. The number of halogens is 3. The third-order valence-electron chi connectivity index (χ3n) is 0.986. The van der Waals surface area contributed by atoms with Crippen molar-refractivity contribution in [3.63, 3.8) is 0 Å². The van der Waals surface area contributed by atoms with Gasteiger partial charge in [-0.15, -0.1) is 34.8 Å². The zero-order valence-electron chi connectivity index (χ0n) is 6.02. The van der Waals surface area contributed by atoms with Crippen molar-refractivity contribution < 1.29 is 9.53 Å². The maximum Gasteiger partial charge on any atom is 0.302 e. The summed E-state index contributed by atoms with van der Waals surface area (Å²) in [6.45, 7) is 1.42. The van der Waals surface area contributed by atoms with Gasteiger partial charge < -0.3 is 4.74 Å². The number of ether oxygens (including phenoxy) is 1. The largest absolute Gasteiger partial charge is 0.464 e. The number of rotatable bonds is 4. The summed E-state index contributed by atoms with van der Waals surface area (Å²) in [5.41, 5.74) is 0. The summed E-state index contributed by atoms with van der Waals surface area (Å²) in [6, 6.07) is 0. The Morgan fingerprint density at radius 2 is 2.00 bits per heavy atom. The van der Waals surface area contributed by atoms with Crippen molar-refractivity contribution in [3.05, 3.63) is 0 Å². The topological polar surface area (TPSA) is 26.3 Å². The number of hydrogen-bond acceptors (Lipinski definition) is 2. The number of carbonyl (C=O) groups is 1. The first-order valence-electron chi connectivity index (χ1n) is 3.05. The van der Waals surface area contributed by atoms with Crippen LogP contribution in [0, 0.1) is 0 Å². The minimum atomic E-state index is -0.418. The summed E-state index contributed by atoms with van der Waals surface area (Å²) >= 11 is 16.7. The first kappa shape index (κ1) is 11.3. The van der Waals surface area contributed by atoms with E-state index in [-0.39, 0.29) is 23.8 Å². The summed E-state index contributed by atoms with van der Waals surface area (Å²) in [5, 5.41) is -0.782. The van der Waals surface area contributed by atoms with Gasteiger partial charge in [0.1, 0.15) is 6.61 Å². The second-order valence-electron chi connectivity index (χ2n) is 1.99. The summed E-state index contributed by atoms with van der Waals surface area (Å²) in [6.07, 6.45) is 0. The molecule has 0 rings (SSSR count). The predicted molar refractivity (Wildman–Crippen MR) is 46.6 cm³/mol. The quantitative estimate of drug-likeness (QED) is 0.534. The molecular weight excluding hydrogens is 210 g/mol. The molecule has 0 aliphatic heterocycles. The third-order valence-corrected chi connectivity index (χ3v) is 2.49. The van der Waals surface area contributed by atoms with E-state index in [0.717, 1.165) is 0 Å².